The molecular formula is C40H78N2. The highest BCUT2D eigenvalue weighted by molar-refractivity contribution is 5.02. The van der Waals surface area contributed by atoms with Crippen LogP contribution in [0.15, 0.2) is 12.4 Å². The van der Waals surface area contributed by atoms with Crippen molar-refractivity contribution in [2.24, 2.45) is 0 Å². The highest BCUT2D eigenvalue weighted by atomic mass is 15.1. The molecule has 0 spiro atoms. The van der Waals surface area contributed by atoms with E-state index in [1.807, 2.05) is 0 Å². The Kier molecular flexibility index (Phi) is 28.3. The number of hydrogen-bond donors (Lipinski definition) is 0. The molecular weight excluding hydrogens is 508 g/mol. The topological polar surface area (TPSA) is 17.8 Å². The molecule has 0 bridgehead atoms. The van der Waals surface area contributed by atoms with Crippen molar-refractivity contribution in [3.8, 4) is 0 Å². The summed E-state index contributed by atoms with van der Waals surface area (Å²) in [5.41, 5.74) is 0. The molecule has 0 aromatic carbocycles. The summed E-state index contributed by atoms with van der Waals surface area (Å²) in [6.45, 7) is 9.39. The van der Waals surface area contributed by atoms with Crippen LogP contribution in [-0.4, -0.2) is 9.55 Å². The van der Waals surface area contributed by atoms with Gasteiger partial charge in [-0.3, -0.25) is 0 Å². The SMILES string of the molecule is CCCCCCCCCCCCCCCCCC(CCCC)c1nccn1C(C)CCCCCCCCCCCCC. The molecule has 2 unspecified atom stereocenters. The molecule has 2 atom stereocenters. The first-order valence-corrected chi connectivity index (χ1v) is 19.8. The van der Waals surface area contributed by atoms with Gasteiger partial charge >= 0.3 is 0 Å². The van der Waals surface area contributed by atoms with Crippen LogP contribution in [0.5, 0.6) is 0 Å². The molecule has 0 radical (unpaired) electrons. The molecule has 0 saturated heterocycles. The van der Waals surface area contributed by atoms with Gasteiger partial charge in [0.05, 0.1) is 0 Å². The number of unbranched alkanes of at least 4 members (excludes halogenated alkanes) is 25. The van der Waals surface area contributed by atoms with Crippen LogP contribution in [0.2, 0.25) is 0 Å². The first kappa shape index (κ1) is 39.2. The molecule has 1 heterocycles. The van der Waals surface area contributed by atoms with Crippen molar-refractivity contribution in [1.29, 1.82) is 0 Å². The van der Waals surface area contributed by atoms with E-state index in [0.29, 0.717) is 12.0 Å². The first-order valence-electron chi connectivity index (χ1n) is 19.8. The fraction of sp³-hybridized carbons (Fsp3) is 0.925. The summed E-state index contributed by atoms with van der Waals surface area (Å²) in [4.78, 5) is 4.95. The van der Waals surface area contributed by atoms with Crippen molar-refractivity contribution in [2.45, 2.75) is 239 Å². The van der Waals surface area contributed by atoms with Crippen LogP contribution in [0.1, 0.15) is 245 Å². The second kappa shape index (κ2) is 30.2. The normalized spacial score (nSPS) is 13.1. The van der Waals surface area contributed by atoms with Crippen LogP contribution in [0.3, 0.4) is 0 Å². The molecule has 248 valence electrons. The van der Waals surface area contributed by atoms with Gasteiger partial charge in [-0.25, -0.2) is 4.98 Å². The standard InChI is InChI=1S/C40H78N2/c1-5-8-11-13-15-17-19-20-21-22-24-26-28-30-32-35-39(34-10-7-3)40-41-36-37-42(40)38(4)33-31-29-27-25-23-18-16-14-12-9-6-2/h36-39H,5-35H2,1-4H3. The van der Waals surface area contributed by atoms with Gasteiger partial charge in [0.15, 0.2) is 0 Å². The highest BCUT2D eigenvalue weighted by Gasteiger charge is 2.19. The smallest absolute Gasteiger partial charge is 0.111 e. The molecule has 42 heavy (non-hydrogen) atoms. The average Bonchev–Trinajstić information content (AvgIpc) is 3.49. The van der Waals surface area contributed by atoms with Gasteiger partial charge in [0.1, 0.15) is 5.82 Å². The van der Waals surface area contributed by atoms with E-state index in [2.05, 4.69) is 44.7 Å². The van der Waals surface area contributed by atoms with Gasteiger partial charge in [0.25, 0.3) is 0 Å². The molecule has 0 aliphatic heterocycles. The number of hydrogen-bond acceptors (Lipinski definition) is 1. The Morgan fingerprint density at radius 3 is 1.19 bits per heavy atom. The predicted octanol–water partition coefficient (Wildman–Crippen LogP) is 14.7. The van der Waals surface area contributed by atoms with Crippen molar-refractivity contribution >= 4 is 0 Å². The van der Waals surface area contributed by atoms with Gasteiger partial charge in [0.2, 0.25) is 0 Å². The maximum absolute atomic E-state index is 4.95. The van der Waals surface area contributed by atoms with Crippen LogP contribution < -0.4 is 0 Å². The minimum Gasteiger partial charge on any atom is -0.332 e. The number of nitrogens with zero attached hydrogens (tertiary/aromatic N) is 2. The van der Waals surface area contributed by atoms with Gasteiger partial charge in [-0.15, -0.1) is 0 Å². The van der Waals surface area contributed by atoms with Gasteiger partial charge in [-0.1, -0.05) is 201 Å². The van der Waals surface area contributed by atoms with Crippen molar-refractivity contribution in [3.05, 3.63) is 18.2 Å². The maximum atomic E-state index is 4.95. The monoisotopic (exact) mass is 587 g/mol. The Bertz CT molecular complexity index is 650. The van der Waals surface area contributed by atoms with Crippen molar-refractivity contribution < 1.29 is 0 Å². The first-order chi connectivity index (χ1) is 20.7. The van der Waals surface area contributed by atoms with Crippen molar-refractivity contribution in [2.75, 3.05) is 0 Å². The summed E-state index contributed by atoms with van der Waals surface area (Å²) in [5, 5.41) is 0. The largest absolute Gasteiger partial charge is 0.332 e. The van der Waals surface area contributed by atoms with E-state index < -0.39 is 0 Å². The third-order valence-electron chi connectivity index (χ3n) is 9.83. The zero-order chi connectivity index (χ0) is 30.4. The van der Waals surface area contributed by atoms with Gasteiger partial charge < -0.3 is 4.57 Å². The van der Waals surface area contributed by atoms with Gasteiger partial charge in [-0.05, 0) is 26.2 Å². The van der Waals surface area contributed by atoms with E-state index in [1.165, 1.54) is 205 Å². The van der Waals surface area contributed by atoms with Crippen LogP contribution in [-0.2, 0) is 0 Å². The van der Waals surface area contributed by atoms with E-state index in [0.717, 1.165) is 0 Å². The third-order valence-corrected chi connectivity index (χ3v) is 9.83. The van der Waals surface area contributed by atoms with E-state index >= 15 is 0 Å². The highest BCUT2D eigenvalue weighted by Crippen LogP contribution is 2.30. The Morgan fingerprint density at radius 2 is 0.786 bits per heavy atom. The van der Waals surface area contributed by atoms with E-state index in [1.54, 1.807) is 0 Å². The summed E-state index contributed by atoms with van der Waals surface area (Å²) in [6.07, 6.45) is 48.3. The van der Waals surface area contributed by atoms with E-state index in [9.17, 15) is 0 Å². The lowest BCUT2D eigenvalue weighted by atomic mass is 9.93. The molecule has 0 amide bonds. The van der Waals surface area contributed by atoms with E-state index in [4.69, 9.17) is 4.98 Å². The second-order valence-corrected chi connectivity index (χ2v) is 13.9. The molecule has 2 heteroatoms. The summed E-state index contributed by atoms with van der Waals surface area (Å²) >= 11 is 0. The number of imidazole rings is 1. The Hall–Kier alpha value is -0.790. The molecule has 1 aromatic heterocycles. The van der Waals surface area contributed by atoms with Crippen LogP contribution in [0.25, 0.3) is 0 Å². The Labute approximate surface area is 266 Å². The summed E-state index contributed by atoms with van der Waals surface area (Å²) in [5.74, 6) is 2.05. The number of aromatic nitrogens is 2. The summed E-state index contributed by atoms with van der Waals surface area (Å²) < 4.78 is 2.56. The van der Waals surface area contributed by atoms with E-state index in [-0.39, 0.29) is 0 Å². The quantitative estimate of drug-likeness (QED) is 0.0749. The summed E-state index contributed by atoms with van der Waals surface area (Å²) in [7, 11) is 0. The minimum atomic E-state index is 0.589. The lowest BCUT2D eigenvalue weighted by Gasteiger charge is -2.22. The third kappa shape index (κ3) is 21.8. The minimum absolute atomic E-state index is 0.589. The van der Waals surface area contributed by atoms with Crippen LogP contribution in [0, 0.1) is 0 Å². The Balaban J connectivity index is 2.18. The lowest BCUT2D eigenvalue weighted by Crippen LogP contribution is -2.13. The lowest BCUT2D eigenvalue weighted by molar-refractivity contribution is 0.415. The maximum Gasteiger partial charge on any atom is 0.111 e. The van der Waals surface area contributed by atoms with Gasteiger partial charge in [-0.2, -0.15) is 0 Å². The zero-order valence-corrected chi connectivity index (χ0v) is 29.6. The molecule has 0 fully saturated rings. The predicted molar refractivity (Wildman–Crippen MR) is 190 cm³/mol. The molecule has 1 rings (SSSR count). The average molecular weight is 587 g/mol. The second-order valence-electron chi connectivity index (χ2n) is 13.9. The summed E-state index contributed by atoms with van der Waals surface area (Å²) in [6, 6.07) is 0.589. The molecule has 1 aromatic rings. The molecule has 2 nitrogen and oxygen atoms in total. The van der Waals surface area contributed by atoms with Crippen molar-refractivity contribution in [1.82, 2.24) is 9.55 Å². The molecule has 0 saturated carbocycles. The Morgan fingerprint density at radius 1 is 0.452 bits per heavy atom. The fourth-order valence-corrected chi connectivity index (χ4v) is 6.87. The molecule has 0 N–H and O–H groups in total. The molecule has 0 aliphatic carbocycles. The van der Waals surface area contributed by atoms with Crippen LogP contribution in [0.4, 0.5) is 0 Å². The van der Waals surface area contributed by atoms with Crippen molar-refractivity contribution in [3.63, 3.8) is 0 Å². The van der Waals surface area contributed by atoms with Gasteiger partial charge in [0, 0.05) is 24.4 Å². The molecule has 0 aliphatic rings. The van der Waals surface area contributed by atoms with Crippen LogP contribution >= 0.6 is 0 Å². The fourth-order valence-electron chi connectivity index (χ4n) is 6.87. The zero-order valence-electron chi connectivity index (χ0n) is 29.6. The number of rotatable bonds is 33.